The lowest BCUT2D eigenvalue weighted by Gasteiger charge is -2.12. The third kappa shape index (κ3) is 11.3. The number of allylic oxidation sites excluding steroid dienone is 1. The molecule has 0 heterocycles. The van der Waals surface area contributed by atoms with Crippen LogP contribution in [-0.4, -0.2) is 18.3 Å². The zero-order chi connectivity index (χ0) is 18.5. The number of ether oxygens (including phenoxy) is 1. The molecule has 0 amide bonds. The summed E-state index contributed by atoms with van der Waals surface area (Å²) < 4.78 is 39.9. The fraction of sp³-hybridized carbons (Fsp3) is 0.471. The highest BCUT2D eigenvalue weighted by Crippen LogP contribution is 2.28. The number of halogens is 3. The number of aliphatic hydroxyl groups excluding tert-OH is 1. The van der Waals surface area contributed by atoms with Crippen molar-refractivity contribution in [2.24, 2.45) is 0 Å². The van der Waals surface area contributed by atoms with Crippen molar-refractivity contribution in [2.45, 2.75) is 53.3 Å². The van der Waals surface area contributed by atoms with Gasteiger partial charge >= 0.3 is 6.36 Å². The second kappa shape index (κ2) is 12.6. The summed E-state index contributed by atoms with van der Waals surface area (Å²) in [5.41, 5.74) is 0.787. The number of hydrogen-bond acceptors (Lipinski definition) is 3. The Hall–Kier alpha value is -1.98. The van der Waals surface area contributed by atoms with Crippen LogP contribution in [0.5, 0.6) is 5.75 Å². The van der Waals surface area contributed by atoms with Gasteiger partial charge in [-0.1, -0.05) is 33.6 Å². The first-order chi connectivity index (χ1) is 10.7. The van der Waals surface area contributed by atoms with Crippen molar-refractivity contribution in [2.75, 3.05) is 0 Å². The number of benzene rings is 1. The molecule has 0 spiro atoms. The van der Waals surface area contributed by atoms with Crippen LogP contribution >= 0.6 is 0 Å². The van der Waals surface area contributed by atoms with Crippen molar-refractivity contribution < 1.29 is 27.8 Å². The number of hydrogen-bond donors (Lipinski definition) is 1. The molecule has 0 aliphatic heterocycles. The van der Waals surface area contributed by atoms with E-state index in [4.69, 9.17) is 4.79 Å². The van der Waals surface area contributed by atoms with E-state index in [1.54, 1.807) is 6.08 Å². The summed E-state index contributed by atoms with van der Waals surface area (Å²) in [4.78, 5) is 8.00. The number of aliphatic hydroxyl groups is 1. The predicted octanol–water partition coefficient (Wildman–Crippen LogP) is 5.82. The smallest absolute Gasteiger partial charge is 0.508 e. The van der Waals surface area contributed by atoms with Crippen molar-refractivity contribution in [3.63, 3.8) is 0 Å². The van der Waals surface area contributed by atoms with E-state index in [1.165, 1.54) is 38.0 Å². The highest BCUT2D eigenvalue weighted by Gasteiger charge is 2.31. The third-order valence-electron chi connectivity index (χ3n) is 2.59. The average Bonchev–Trinajstić information content (AvgIpc) is 2.50. The summed E-state index contributed by atoms with van der Waals surface area (Å²) in [5, 5.41) is 9.57. The topological polar surface area (TPSA) is 46.5 Å². The summed E-state index contributed by atoms with van der Waals surface area (Å²) in [6.07, 6.45) is 0.165. The van der Waals surface area contributed by atoms with Crippen LogP contribution in [-0.2, 0) is 4.79 Å². The summed E-state index contributed by atoms with van der Waals surface area (Å²) in [7, 11) is 0. The van der Waals surface area contributed by atoms with Crippen molar-refractivity contribution in [3.8, 4) is 5.75 Å². The minimum absolute atomic E-state index is 0.0501. The summed E-state index contributed by atoms with van der Waals surface area (Å²) in [5.74, 6) is -0.209. The molecule has 1 rings (SSSR count). The summed E-state index contributed by atoms with van der Waals surface area (Å²) in [6.45, 7) is 9.70. The molecule has 132 valence electrons. The van der Waals surface area contributed by atoms with E-state index in [1.807, 2.05) is 13.7 Å². The fourth-order valence-electron chi connectivity index (χ4n) is 1.36. The van der Waals surface area contributed by atoms with Gasteiger partial charge in [-0.3, -0.25) is 0 Å². The van der Waals surface area contributed by atoms with Crippen molar-refractivity contribution >= 4 is 12.5 Å². The number of unbranched alkanes of at least 4 members (excludes halogenated alkanes) is 1. The first kappa shape index (κ1) is 23.3. The molecule has 6 heteroatoms. The highest BCUT2D eigenvalue weighted by molar-refractivity contribution is 5.60. The molecule has 23 heavy (non-hydrogen) atoms. The van der Waals surface area contributed by atoms with E-state index >= 15 is 0 Å². The Morgan fingerprint density at radius 2 is 1.74 bits per heavy atom. The summed E-state index contributed by atoms with van der Waals surface area (Å²) in [6, 6.07) is 4.02. The molecule has 0 saturated heterocycles. The number of alkyl halides is 3. The molecule has 0 aliphatic rings. The van der Waals surface area contributed by atoms with Gasteiger partial charge < -0.3 is 14.6 Å². The molecule has 1 N–H and O–H groups in total. The lowest BCUT2D eigenvalue weighted by atomic mass is 10.1. The Morgan fingerprint density at radius 3 is 2.09 bits per heavy atom. The molecule has 0 atom stereocenters. The quantitative estimate of drug-likeness (QED) is 0.705. The molecule has 0 fully saturated rings. The van der Waals surface area contributed by atoms with Crippen LogP contribution < -0.4 is 4.74 Å². The SMILES string of the molecule is C=O.CC/C=C(/O)c1ccc(OC(F)(F)F)c(C)c1.CCCC. The lowest BCUT2D eigenvalue weighted by Crippen LogP contribution is -2.17. The highest BCUT2D eigenvalue weighted by atomic mass is 19.4. The first-order valence-corrected chi connectivity index (χ1v) is 7.29. The average molecular weight is 334 g/mol. The Morgan fingerprint density at radius 1 is 1.22 bits per heavy atom. The monoisotopic (exact) mass is 334 g/mol. The molecule has 0 saturated carbocycles. The molecule has 0 bridgehead atoms. The van der Waals surface area contributed by atoms with Crippen LogP contribution in [0.2, 0.25) is 0 Å². The van der Waals surface area contributed by atoms with Gasteiger partial charge in [-0.05, 0) is 43.2 Å². The molecule has 1 aromatic rings. The van der Waals surface area contributed by atoms with Crippen LogP contribution in [0, 0.1) is 6.92 Å². The number of aryl methyl sites for hydroxylation is 1. The minimum atomic E-state index is -4.70. The van der Waals surface area contributed by atoms with E-state index in [9.17, 15) is 18.3 Å². The van der Waals surface area contributed by atoms with Gasteiger partial charge in [0.05, 0.1) is 0 Å². The molecule has 0 radical (unpaired) electrons. The maximum Gasteiger partial charge on any atom is 0.573 e. The van der Waals surface area contributed by atoms with E-state index in [0.29, 0.717) is 17.5 Å². The second-order valence-corrected chi connectivity index (χ2v) is 4.53. The Balaban J connectivity index is 0. The van der Waals surface area contributed by atoms with Gasteiger partial charge in [-0.2, -0.15) is 0 Å². The Kier molecular flexibility index (Phi) is 12.7. The van der Waals surface area contributed by atoms with Crippen LogP contribution in [0.3, 0.4) is 0 Å². The fourth-order valence-corrected chi connectivity index (χ4v) is 1.36. The van der Waals surface area contributed by atoms with E-state index in [0.717, 1.165) is 0 Å². The van der Waals surface area contributed by atoms with Gasteiger partial charge in [0.25, 0.3) is 0 Å². The standard InChI is InChI=1S/C12H13F3O2.C4H10.CH2O/c1-3-4-10(16)9-5-6-11(8(2)7-9)17-12(13,14)15;1-3-4-2;1-2/h4-7,16H,3H2,1-2H3;3-4H2,1-2H3;1H2/b10-4+;;. The van der Waals surface area contributed by atoms with Crippen LogP contribution in [0.25, 0.3) is 5.76 Å². The zero-order valence-corrected chi connectivity index (χ0v) is 14.0. The second-order valence-electron chi connectivity index (χ2n) is 4.53. The van der Waals surface area contributed by atoms with Crippen molar-refractivity contribution in [1.29, 1.82) is 0 Å². The van der Waals surface area contributed by atoms with Gasteiger partial charge in [0.1, 0.15) is 18.3 Å². The lowest BCUT2D eigenvalue weighted by molar-refractivity contribution is -0.274. The van der Waals surface area contributed by atoms with E-state index in [-0.39, 0.29) is 11.5 Å². The number of carbonyl (C=O) groups excluding carboxylic acids is 1. The maximum absolute atomic E-state index is 12.0. The third-order valence-corrected chi connectivity index (χ3v) is 2.59. The Labute approximate surface area is 135 Å². The molecule has 0 aliphatic carbocycles. The van der Waals surface area contributed by atoms with Gasteiger partial charge in [0.2, 0.25) is 0 Å². The number of rotatable bonds is 4. The van der Waals surface area contributed by atoms with Crippen LogP contribution in [0.15, 0.2) is 24.3 Å². The molecule has 1 aromatic carbocycles. The molecule has 0 aromatic heterocycles. The van der Waals surface area contributed by atoms with Gasteiger partial charge in [-0.25, -0.2) is 0 Å². The minimum Gasteiger partial charge on any atom is -0.508 e. The molecule has 3 nitrogen and oxygen atoms in total. The number of carbonyl (C=O) groups is 1. The predicted molar refractivity (Wildman–Crippen MR) is 86.5 cm³/mol. The van der Waals surface area contributed by atoms with E-state index < -0.39 is 6.36 Å². The van der Waals surface area contributed by atoms with Gasteiger partial charge in [-0.15, -0.1) is 13.2 Å². The molecular weight excluding hydrogens is 309 g/mol. The first-order valence-electron chi connectivity index (χ1n) is 7.29. The largest absolute Gasteiger partial charge is 0.573 e. The molecular formula is C17H25F3O3. The van der Waals surface area contributed by atoms with Crippen LogP contribution in [0.4, 0.5) is 13.2 Å². The van der Waals surface area contributed by atoms with Gasteiger partial charge in [0, 0.05) is 5.56 Å². The summed E-state index contributed by atoms with van der Waals surface area (Å²) >= 11 is 0. The molecule has 0 unspecified atom stereocenters. The van der Waals surface area contributed by atoms with Crippen molar-refractivity contribution in [3.05, 3.63) is 35.4 Å². The van der Waals surface area contributed by atoms with Gasteiger partial charge in [0.15, 0.2) is 0 Å². The van der Waals surface area contributed by atoms with Crippen LogP contribution in [0.1, 0.15) is 51.2 Å². The maximum atomic E-state index is 12.0. The zero-order valence-electron chi connectivity index (χ0n) is 14.0. The normalized spacial score (nSPS) is 10.8. The van der Waals surface area contributed by atoms with E-state index in [2.05, 4.69) is 18.6 Å². The Bertz CT molecular complexity index is 467. The van der Waals surface area contributed by atoms with Crippen molar-refractivity contribution in [1.82, 2.24) is 0 Å².